The lowest BCUT2D eigenvalue weighted by Gasteiger charge is -2.29. The van der Waals surface area contributed by atoms with Gasteiger partial charge < -0.3 is 15.2 Å². The SMILES string of the molecule is CC(CN)(Cc1ccccc1F)c1ccc2c(c1)OCO2. The number of fused-ring (bicyclic) bond motifs is 1. The summed E-state index contributed by atoms with van der Waals surface area (Å²) in [7, 11) is 0. The maximum atomic E-state index is 13.9. The predicted molar refractivity (Wildman–Crippen MR) is 79.1 cm³/mol. The summed E-state index contributed by atoms with van der Waals surface area (Å²) in [5, 5.41) is 0. The summed E-state index contributed by atoms with van der Waals surface area (Å²) in [6.07, 6.45) is 0.538. The third kappa shape index (κ3) is 2.59. The van der Waals surface area contributed by atoms with E-state index in [4.69, 9.17) is 15.2 Å². The van der Waals surface area contributed by atoms with Crippen molar-refractivity contribution in [3.05, 3.63) is 59.4 Å². The van der Waals surface area contributed by atoms with Gasteiger partial charge in [0.2, 0.25) is 6.79 Å². The van der Waals surface area contributed by atoms with Crippen LogP contribution in [-0.2, 0) is 11.8 Å². The van der Waals surface area contributed by atoms with E-state index in [-0.39, 0.29) is 18.0 Å². The number of hydrogen-bond acceptors (Lipinski definition) is 3. The fourth-order valence-corrected chi connectivity index (χ4v) is 2.63. The third-order valence-electron chi connectivity index (χ3n) is 4.06. The van der Waals surface area contributed by atoms with E-state index in [1.165, 1.54) is 6.07 Å². The minimum atomic E-state index is -0.358. The van der Waals surface area contributed by atoms with E-state index in [1.54, 1.807) is 12.1 Å². The van der Waals surface area contributed by atoms with Crippen molar-refractivity contribution in [2.45, 2.75) is 18.8 Å². The predicted octanol–water partition coefficient (Wildman–Crippen LogP) is 3.01. The standard InChI is InChI=1S/C17H18FNO2/c1-17(10-19,9-12-4-2-3-5-14(12)18)13-6-7-15-16(8-13)21-11-20-15/h2-8H,9-11,19H2,1H3. The van der Waals surface area contributed by atoms with Crippen LogP contribution < -0.4 is 15.2 Å². The first-order valence-corrected chi connectivity index (χ1v) is 6.96. The van der Waals surface area contributed by atoms with Gasteiger partial charge in [-0.2, -0.15) is 0 Å². The normalized spacial score (nSPS) is 15.8. The Morgan fingerprint density at radius 2 is 1.90 bits per heavy atom. The van der Waals surface area contributed by atoms with Crippen LogP contribution in [0.3, 0.4) is 0 Å². The van der Waals surface area contributed by atoms with E-state index < -0.39 is 0 Å². The molecule has 0 radical (unpaired) electrons. The Balaban J connectivity index is 1.94. The smallest absolute Gasteiger partial charge is 0.231 e. The summed E-state index contributed by atoms with van der Waals surface area (Å²) in [5.74, 6) is 1.27. The minimum Gasteiger partial charge on any atom is -0.454 e. The lowest BCUT2D eigenvalue weighted by molar-refractivity contribution is 0.174. The highest BCUT2D eigenvalue weighted by Crippen LogP contribution is 2.37. The molecule has 2 aromatic rings. The molecule has 2 aromatic carbocycles. The molecule has 0 spiro atoms. The minimum absolute atomic E-state index is 0.196. The number of nitrogens with two attached hydrogens (primary N) is 1. The molecule has 0 aliphatic carbocycles. The van der Waals surface area contributed by atoms with Crippen molar-refractivity contribution < 1.29 is 13.9 Å². The molecule has 0 bridgehead atoms. The van der Waals surface area contributed by atoms with Crippen LogP contribution in [-0.4, -0.2) is 13.3 Å². The van der Waals surface area contributed by atoms with E-state index in [9.17, 15) is 4.39 Å². The third-order valence-corrected chi connectivity index (χ3v) is 4.06. The molecule has 0 saturated carbocycles. The topological polar surface area (TPSA) is 44.5 Å². The molecule has 0 aromatic heterocycles. The van der Waals surface area contributed by atoms with Crippen LogP contribution in [0.2, 0.25) is 0 Å². The van der Waals surface area contributed by atoms with Crippen molar-refractivity contribution in [1.29, 1.82) is 0 Å². The zero-order valence-electron chi connectivity index (χ0n) is 11.9. The van der Waals surface area contributed by atoms with Gasteiger partial charge in [-0.25, -0.2) is 4.39 Å². The molecular formula is C17H18FNO2. The maximum Gasteiger partial charge on any atom is 0.231 e. The second-order valence-corrected chi connectivity index (χ2v) is 5.60. The van der Waals surface area contributed by atoms with Crippen molar-refractivity contribution in [1.82, 2.24) is 0 Å². The zero-order chi connectivity index (χ0) is 14.9. The summed E-state index contributed by atoms with van der Waals surface area (Å²) in [4.78, 5) is 0. The Morgan fingerprint density at radius 3 is 2.67 bits per heavy atom. The summed E-state index contributed by atoms with van der Waals surface area (Å²) in [6, 6.07) is 12.6. The van der Waals surface area contributed by atoms with Crippen molar-refractivity contribution in [3.63, 3.8) is 0 Å². The molecule has 1 heterocycles. The Hall–Kier alpha value is -2.07. The van der Waals surface area contributed by atoms with Gasteiger partial charge in [0.1, 0.15) is 5.82 Å². The van der Waals surface area contributed by atoms with Crippen LogP contribution in [0, 0.1) is 5.82 Å². The average Bonchev–Trinajstić information content (AvgIpc) is 2.97. The summed E-state index contributed by atoms with van der Waals surface area (Å²) in [5.41, 5.74) is 7.32. The van der Waals surface area contributed by atoms with E-state index in [2.05, 4.69) is 0 Å². The molecule has 1 atom stereocenters. The van der Waals surface area contributed by atoms with Crippen LogP contribution in [0.25, 0.3) is 0 Å². The van der Waals surface area contributed by atoms with Crippen molar-refractivity contribution in [2.75, 3.05) is 13.3 Å². The van der Waals surface area contributed by atoms with Crippen molar-refractivity contribution >= 4 is 0 Å². The Kier molecular flexibility index (Phi) is 3.55. The van der Waals surface area contributed by atoms with Gasteiger partial charge in [0, 0.05) is 12.0 Å². The van der Waals surface area contributed by atoms with Crippen LogP contribution in [0.4, 0.5) is 4.39 Å². The van der Waals surface area contributed by atoms with Crippen LogP contribution in [0.1, 0.15) is 18.1 Å². The van der Waals surface area contributed by atoms with Gasteiger partial charge in [-0.3, -0.25) is 0 Å². The summed E-state index contributed by atoms with van der Waals surface area (Å²) in [6.45, 7) is 2.70. The first-order valence-electron chi connectivity index (χ1n) is 6.96. The number of benzene rings is 2. The van der Waals surface area contributed by atoms with E-state index in [1.807, 2.05) is 31.2 Å². The second kappa shape index (κ2) is 5.37. The number of halogens is 1. The molecule has 0 saturated heterocycles. The number of ether oxygens (including phenoxy) is 2. The molecule has 0 amide bonds. The van der Waals surface area contributed by atoms with Crippen LogP contribution in [0.15, 0.2) is 42.5 Å². The second-order valence-electron chi connectivity index (χ2n) is 5.60. The quantitative estimate of drug-likeness (QED) is 0.940. The van der Waals surface area contributed by atoms with Gasteiger partial charge in [0.05, 0.1) is 0 Å². The fraction of sp³-hybridized carbons (Fsp3) is 0.294. The molecule has 21 heavy (non-hydrogen) atoms. The lowest BCUT2D eigenvalue weighted by atomic mass is 9.77. The van der Waals surface area contributed by atoms with E-state index in [0.29, 0.717) is 18.5 Å². The molecule has 4 heteroatoms. The van der Waals surface area contributed by atoms with Gasteiger partial charge in [-0.05, 0) is 35.7 Å². The van der Waals surface area contributed by atoms with Gasteiger partial charge >= 0.3 is 0 Å². The molecule has 1 aliphatic rings. The van der Waals surface area contributed by atoms with Crippen molar-refractivity contribution in [2.24, 2.45) is 5.73 Å². The van der Waals surface area contributed by atoms with Gasteiger partial charge in [-0.1, -0.05) is 31.2 Å². The maximum absolute atomic E-state index is 13.9. The fourth-order valence-electron chi connectivity index (χ4n) is 2.63. The van der Waals surface area contributed by atoms with Crippen LogP contribution >= 0.6 is 0 Å². The summed E-state index contributed by atoms with van der Waals surface area (Å²) < 4.78 is 24.6. The molecule has 0 fully saturated rings. The average molecular weight is 287 g/mol. The first-order chi connectivity index (χ1) is 10.1. The largest absolute Gasteiger partial charge is 0.454 e. The van der Waals surface area contributed by atoms with E-state index in [0.717, 1.165) is 17.1 Å². The first kappa shape index (κ1) is 13.9. The number of hydrogen-bond donors (Lipinski definition) is 1. The van der Waals surface area contributed by atoms with Gasteiger partial charge in [0.15, 0.2) is 11.5 Å². The number of rotatable bonds is 4. The monoisotopic (exact) mass is 287 g/mol. The molecular weight excluding hydrogens is 269 g/mol. The molecule has 3 rings (SSSR count). The van der Waals surface area contributed by atoms with Gasteiger partial charge in [-0.15, -0.1) is 0 Å². The zero-order valence-corrected chi connectivity index (χ0v) is 11.9. The van der Waals surface area contributed by atoms with Crippen LogP contribution in [0.5, 0.6) is 11.5 Å². The Morgan fingerprint density at radius 1 is 1.14 bits per heavy atom. The molecule has 3 nitrogen and oxygen atoms in total. The summed E-state index contributed by atoms with van der Waals surface area (Å²) >= 11 is 0. The molecule has 2 N–H and O–H groups in total. The highest BCUT2D eigenvalue weighted by molar-refractivity contribution is 5.47. The molecule has 1 aliphatic heterocycles. The molecule has 110 valence electrons. The van der Waals surface area contributed by atoms with Crippen molar-refractivity contribution in [3.8, 4) is 11.5 Å². The van der Waals surface area contributed by atoms with Gasteiger partial charge in [0.25, 0.3) is 0 Å². The van der Waals surface area contributed by atoms with E-state index >= 15 is 0 Å². The lowest BCUT2D eigenvalue weighted by Crippen LogP contribution is -2.34. The highest BCUT2D eigenvalue weighted by atomic mass is 19.1. The Labute approximate surface area is 123 Å². The highest BCUT2D eigenvalue weighted by Gasteiger charge is 2.28. The Bertz CT molecular complexity index is 659. The molecule has 1 unspecified atom stereocenters.